The van der Waals surface area contributed by atoms with E-state index in [2.05, 4.69) is 0 Å². The lowest BCUT2D eigenvalue weighted by Crippen LogP contribution is -2.33. The molecule has 0 aromatic rings. The minimum atomic E-state index is 0. The van der Waals surface area contributed by atoms with E-state index in [0.717, 1.165) is 25.7 Å². The lowest BCUT2D eigenvalue weighted by molar-refractivity contribution is 0.395. The number of hydrogen-bond acceptors (Lipinski definition) is 2. The Morgan fingerprint density at radius 2 is 1.00 bits per heavy atom. The standard InChI is InChI=1S/C6H14N2.B/c7-5-1-2-6(8)4-3-5;/h5-6H,1-4,7-8H2;. The Bertz CT molecular complexity index is 59.5. The highest BCUT2D eigenvalue weighted by molar-refractivity contribution is 5.75. The fourth-order valence-electron chi connectivity index (χ4n) is 1.14. The third-order valence-electron chi connectivity index (χ3n) is 1.82. The van der Waals surface area contributed by atoms with Gasteiger partial charge in [-0.3, -0.25) is 0 Å². The summed E-state index contributed by atoms with van der Waals surface area (Å²) in [6.45, 7) is 0. The largest absolute Gasteiger partial charge is 0.328 e. The summed E-state index contributed by atoms with van der Waals surface area (Å²) in [4.78, 5) is 0. The van der Waals surface area contributed by atoms with Crippen LogP contribution in [0.15, 0.2) is 0 Å². The monoisotopic (exact) mass is 125 g/mol. The summed E-state index contributed by atoms with van der Waals surface area (Å²) in [5.74, 6) is 0. The van der Waals surface area contributed by atoms with Crippen LogP contribution in [-0.4, -0.2) is 20.5 Å². The van der Waals surface area contributed by atoms with Crippen LogP contribution in [0.4, 0.5) is 0 Å². The molecule has 1 saturated carbocycles. The summed E-state index contributed by atoms with van der Waals surface area (Å²) in [5, 5.41) is 0. The van der Waals surface area contributed by atoms with Crippen molar-refractivity contribution in [1.29, 1.82) is 0 Å². The lowest BCUT2D eigenvalue weighted by atomic mass is 9.93. The minimum absolute atomic E-state index is 0. The zero-order chi connectivity index (χ0) is 5.98. The molecular formula is C6H14BN2. The molecule has 1 rings (SSSR count). The summed E-state index contributed by atoms with van der Waals surface area (Å²) < 4.78 is 0. The van der Waals surface area contributed by atoms with E-state index in [1.165, 1.54) is 0 Å². The van der Waals surface area contributed by atoms with E-state index in [0.29, 0.717) is 12.1 Å². The highest BCUT2D eigenvalue weighted by atomic mass is 14.7. The maximum atomic E-state index is 5.64. The van der Waals surface area contributed by atoms with E-state index in [1.54, 1.807) is 0 Å². The summed E-state index contributed by atoms with van der Waals surface area (Å²) in [7, 11) is 0. The van der Waals surface area contributed by atoms with Gasteiger partial charge in [0, 0.05) is 20.5 Å². The second-order valence-electron chi connectivity index (χ2n) is 2.67. The number of rotatable bonds is 0. The van der Waals surface area contributed by atoms with Crippen LogP contribution in [0.5, 0.6) is 0 Å². The van der Waals surface area contributed by atoms with Gasteiger partial charge in [0.05, 0.1) is 0 Å². The molecule has 0 bridgehead atoms. The predicted octanol–water partition coefficient (Wildman–Crippen LogP) is -0.166. The molecule has 0 heterocycles. The molecule has 9 heavy (non-hydrogen) atoms. The van der Waals surface area contributed by atoms with Crippen molar-refractivity contribution in [3.63, 3.8) is 0 Å². The van der Waals surface area contributed by atoms with E-state index in [4.69, 9.17) is 11.5 Å². The predicted molar refractivity (Wildman–Crippen MR) is 40.2 cm³/mol. The molecule has 0 atom stereocenters. The van der Waals surface area contributed by atoms with Gasteiger partial charge in [0.1, 0.15) is 0 Å². The smallest absolute Gasteiger partial charge is 0.00399 e. The average Bonchev–Trinajstić information content (AvgIpc) is 1.77. The summed E-state index contributed by atoms with van der Waals surface area (Å²) in [5.41, 5.74) is 11.3. The minimum Gasteiger partial charge on any atom is -0.328 e. The van der Waals surface area contributed by atoms with Gasteiger partial charge in [0.2, 0.25) is 0 Å². The maximum Gasteiger partial charge on any atom is 0.00399 e. The van der Waals surface area contributed by atoms with Crippen molar-refractivity contribution >= 4 is 8.41 Å². The summed E-state index contributed by atoms with van der Waals surface area (Å²) in [6, 6.07) is 0.879. The van der Waals surface area contributed by atoms with Crippen LogP contribution in [-0.2, 0) is 0 Å². The second kappa shape index (κ2) is 3.91. The summed E-state index contributed by atoms with van der Waals surface area (Å²) in [6.07, 6.45) is 4.50. The molecule has 1 aliphatic rings. The van der Waals surface area contributed by atoms with Gasteiger partial charge in [0.15, 0.2) is 0 Å². The normalized spacial score (nSPS) is 35.3. The van der Waals surface area contributed by atoms with Crippen LogP contribution in [0.2, 0.25) is 0 Å². The van der Waals surface area contributed by atoms with Crippen LogP contribution >= 0.6 is 0 Å². The third-order valence-corrected chi connectivity index (χ3v) is 1.82. The summed E-state index contributed by atoms with van der Waals surface area (Å²) >= 11 is 0. The van der Waals surface area contributed by atoms with E-state index in [-0.39, 0.29) is 8.41 Å². The first-order chi connectivity index (χ1) is 3.79. The van der Waals surface area contributed by atoms with E-state index >= 15 is 0 Å². The average molecular weight is 125 g/mol. The Morgan fingerprint density at radius 3 is 1.22 bits per heavy atom. The Labute approximate surface area is 58.6 Å². The molecule has 0 aromatic heterocycles. The molecule has 3 heteroatoms. The molecule has 2 nitrogen and oxygen atoms in total. The molecule has 0 amide bonds. The van der Waals surface area contributed by atoms with Crippen molar-refractivity contribution in [2.24, 2.45) is 11.5 Å². The van der Waals surface area contributed by atoms with E-state index in [9.17, 15) is 0 Å². The molecule has 0 aromatic carbocycles. The topological polar surface area (TPSA) is 52.0 Å². The van der Waals surface area contributed by atoms with Crippen LogP contribution < -0.4 is 11.5 Å². The Hall–Kier alpha value is -0.0151. The van der Waals surface area contributed by atoms with Gasteiger partial charge in [-0.15, -0.1) is 0 Å². The van der Waals surface area contributed by atoms with E-state index < -0.39 is 0 Å². The van der Waals surface area contributed by atoms with Crippen molar-refractivity contribution in [2.75, 3.05) is 0 Å². The fraction of sp³-hybridized carbons (Fsp3) is 1.00. The van der Waals surface area contributed by atoms with Gasteiger partial charge in [-0.25, -0.2) is 0 Å². The van der Waals surface area contributed by atoms with Crippen LogP contribution in [0, 0.1) is 0 Å². The van der Waals surface area contributed by atoms with Crippen LogP contribution in [0.1, 0.15) is 25.7 Å². The van der Waals surface area contributed by atoms with Crippen molar-refractivity contribution in [3.05, 3.63) is 0 Å². The second-order valence-corrected chi connectivity index (χ2v) is 2.67. The first-order valence-electron chi connectivity index (χ1n) is 3.30. The molecule has 0 aliphatic heterocycles. The van der Waals surface area contributed by atoms with Gasteiger partial charge in [-0.1, -0.05) is 0 Å². The van der Waals surface area contributed by atoms with E-state index in [1.807, 2.05) is 0 Å². The van der Waals surface area contributed by atoms with Crippen molar-refractivity contribution in [1.82, 2.24) is 0 Å². The molecule has 0 spiro atoms. The zero-order valence-electron chi connectivity index (χ0n) is 5.72. The van der Waals surface area contributed by atoms with Gasteiger partial charge in [-0.05, 0) is 25.7 Å². The molecule has 51 valence electrons. The quantitative estimate of drug-likeness (QED) is 0.441. The third kappa shape index (κ3) is 2.87. The van der Waals surface area contributed by atoms with Crippen molar-refractivity contribution in [3.8, 4) is 0 Å². The Balaban J connectivity index is 0.000000640. The molecule has 1 aliphatic carbocycles. The van der Waals surface area contributed by atoms with Gasteiger partial charge >= 0.3 is 0 Å². The van der Waals surface area contributed by atoms with Gasteiger partial charge < -0.3 is 11.5 Å². The first kappa shape index (κ1) is 8.98. The van der Waals surface area contributed by atoms with Gasteiger partial charge in [-0.2, -0.15) is 0 Å². The Kier molecular flexibility index (Phi) is 3.90. The van der Waals surface area contributed by atoms with Gasteiger partial charge in [0.25, 0.3) is 0 Å². The molecule has 1 fully saturated rings. The maximum absolute atomic E-state index is 5.64. The highest BCUT2D eigenvalue weighted by Crippen LogP contribution is 2.14. The SMILES string of the molecule is NC1CCC(N)CC1.[B]. The fourth-order valence-corrected chi connectivity index (χ4v) is 1.14. The Morgan fingerprint density at radius 1 is 0.778 bits per heavy atom. The number of hydrogen-bond donors (Lipinski definition) is 2. The van der Waals surface area contributed by atoms with Crippen molar-refractivity contribution in [2.45, 2.75) is 37.8 Å². The molecule has 3 radical (unpaired) electrons. The molecule has 4 N–H and O–H groups in total. The van der Waals surface area contributed by atoms with Crippen molar-refractivity contribution < 1.29 is 0 Å². The molecule has 0 unspecified atom stereocenters. The zero-order valence-corrected chi connectivity index (χ0v) is 5.72. The van der Waals surface area contributed by atoms with Crippen LogP contribution in [0.25, 0.3) is 0 Å². The lowest BCUT2D eigenvalue weighted by Gasteiger charge is -2.22. The molecule has 0 saturated heterocycles. The molecular weight excluding hydrogens is 111 g/mol. The first-order valence-corrected chi connectivity index (χ1v) is 3.30. The van der Waals surface area contributed by atoms with Crippen LogP contribution in [0.3, 0.4) is 0 Å². The number of nitrogens with two attached hydrogens (primary N) is 2. The highest BCUT2D eigenvalue weighted by Gasteiger charge is 2.13.